The first-order chi connectivity index (χ1) is 12.6. The van der Waals surface area contributed by atoms with Crippen LogP contribution in [0.25, 0.3) is 5.69 Å². The van der Waals surface area contributed by atoms with E-state index in [4.69, 9.17) is 0 Å². The van der Waals surface area contributed by atoms with Gasteiger partial charge in [0.15, 0.2) is 10.9 Å². The van der Waals surface area contributed by atoms with E-state index in [0.717, 1.165) is 16.9 Å². The Morgan fingerprint density at radius 2 is 2.04 bits per heavy atom. The summed E-state index contributed by atoms with van der Waals surface area (Å²) in [7, 11) is 0. The van der Waals surface area contributed by atoms with Gasteiger partial charge in [0.1, 0.15) is 6.33 Å². The highest BCUT2D eigenvalue weighted by molar-refractivity contribution is 7.99. The van der Waals surface area contributed by atoms with Gasteiger partial charge in [-0.2, -0.15) is 0 Å². The van der Waals surface area contributed by atoms with Crippen molar-refractivity contribution >= 4 is 29.1 Å². The molecule has 0 fully saturated rings. The molecule has 2 heterocycles. The van der Waals surface area contributed by atoms with Crippen molar-refractivity contribution in [2.24, 2.45) is 0 Å². The Balaban J connectivity index is 1.49. The van der Waals surface area contributed by atoms with E-state index >= 15 is 0 Å². The fourth-order valence-corrected chi connectivity index (χ4v) is 3.72. The van der Waals surface area contributed by atoms with Gasteiger partial charge in [-0.05, 0) is 42.8 Å². The number of hydrogen-bond donors (Lipinski definition) is 1. The average Bonchev–Trinajstić information content (AvgIpc) is 3.25. The Bertz CT molecular complexity index is 984. The first kappa shape index (κ1) is 16.5. The van der Waals surface area contributed by atoms with Crippen LogP contribution < -0.4 is 5.32 Å². The van der Waals surface area contributed by atoms with Crippen LogP contribution in [0.5, 0.6) is 0 Å². The second-order valence-corrected chi connectivity index (χ2v) is 6.99. The maximum absolute atomic E-state index is 12.6. The van der Waals surface area contributed by atoms with E-state index in [0.29, 0.717) is 10.7 Å². The Kier molecular flexibility index (Phi) is 4.30. The van der Waals surface area contributed by atoms with Crippen LogP contribution in [0.2, 0.25) is 0 Å². The van der Waals surface area contributed by atoms with Crippen LogP contribution in [0.1, 0.15) is 28.8 Å². The second-order valence-electron chi connectivity index (χ2n) is 6.04. The van der Waals surface area contributed by atoms with Gasteiger partial charge in [0.05, 0.1) is 11.7 Å². The third-order valence-electron chi connectivity index (χ3n) is 4.37. The number of nitrogens with one attached hydrogen (secondary N) is 1. The van der Waals surface area contributed by atoms with Crippen LogP contribution in [0.3, 0.4) is 0 Å². The molecule has 130 valence electrons. The second kappa shape index (κ2) is 6.76. The molecule has 3 aromatic rings. The lowest BCUT2D eigenvalue weighted by Gasteiger charge is -2.07. The monoisotopic (exact) mass is 364 g/mol. The number of ketones is 1. The van der Waals surface area contributed by atoms with Crippen LogP contribution in [-0.2, 0) is 4.79 Å². The molecule has 4 rings (SSSR count). The van der Waals surface area contributed by atoms with Gasteiger partial charge >= 0.3 is 0 Å². The predicted molar refractivity (Wildman–Crippen MR) is 99.9 cm³/mol. The molecule has 26 heavy (non-hydrogen) atoms. The quantitative estimate of drug-likeness (QED) is 0.555. The van der Waals surface area contributed by atoms with Gasteiger partial charge in [-0.3, -0.25) is 14.2 Å². The van der Waals surface area contributed by atoms with Gasteiger partial charge in [-0.15, -0.1) is 10.2 Å². The van der Waals surface area contributed by atoms with E-state index < -0.39 is 0 Å². The molecule has 0 bridgehead atoms. The zero-order valence-corrected chi connectivity index (χ0v) is 14.9. The average molecular weight is 364 g/mol. The van der Waals surface area contributed by atoms with Gasteiger partial charge in [0.25, 0.3) is 0 Å². The minimum absolute atomic E-state index is 0.00744. The van der Waals surface area contributed by atoms with Crippen molar-refractivity contribution in [1.82, 2.24) is 14.8 Å². The Labute approximate surface area is 154 Å². The van der Waals surface area contributed by atoms with Gasteiger partial charge in [-0.1, -0.05) is 30.0 Å². The molecular weight excluding hydrogens is 348 g/mol. The highest BCUT2D eigenvalue weighted by Gasteiger charge is 2.27. The Morgan fingerprint density at radius 3 is 2.85 bits per heavy atom. The molecule has 0 unspecified atom stereocenters. The Morgan fingerprint density at radius 1 is 1.23 bits per heavy atom. The fraction of sp³-hybridized carbons (Fsp3) is 0.158. The molecule has 0 radical (unpaired) electrons. The van der Waals surface area contributed by atoms with Crippen molar-refractivity contribution in [1.29, 1.82) is 0 Å². The van der Waals surface area contributed by atoms with E-state index in [-0.39, 0.29) is 23.4 Å². The van der Waals surface area contributed by atoms with Crippen LogP contribution in [0, 0.1) is 0 Å². The van der Waals surface area contributed by atoms with Crippen LogP contribution in [0.4, 0.5) is 5.69 Å². The molecule has 1 atom stereocenters. The van der Waals surface area contributed by atoms with Crippen LogP contribution in [-0.4, -0.2) is 32.2 Å². The highest BCUT2D eigenvalue weighted by atomic mass is 32.2. The largest absolute Gasteiger partial charge is 0.325 e. The fourth-order valence-electron chi connectivity index (χ4n) is 2.89. The minimum atomic E-state index is -0.230. The number of nitrogens with zero attached hydrogens (tertiary/aromatic N) is 3. The number of carbonyl (C=O) groups is 2. The number of rotatable bonds is 5. The zero-order valence-electron chi connectivity index (χ0n) is 14.0. The number of hydrogen-bond acceptors (Lipinski definition) is 5. The van der Waals surface area contributed by atoms with Crippen molar-refractivity contribution in [2.45, 2.75) is 18.0 Å². The summed E-state index contributed by atoms with van der Waals surface area (Å²) >= 11 is 1.34. The van der Waals surface area contributed by atoms with Crippen molar-refractivity contribution in [3.05, 3.63) is 66.0 Å². The van der Waals surface area contributed by atoms with Crippen LogP contribution in [0.15, 0.2) is 60.0 Å². The first-order valence-corrected chi connectivity index (χ1v) is 9.18. The van der Waals surface area contributed by atoms with Gasteiger partial charge in [0.2, 0.25) is 5.91 Å². The third kappa shape index (κ3) is 3.01. The third-order valence-corrected chi connectivity index (χ3v) is 5.32. The summed E-state index contributed by atoms with van der Waals surface area (Å²) in [5.74, 6) is -0.0199. The van der Waals surface area contributed by atoms with Crippen molar-refractivity contribution in [3.63, 3.8) is 0 Å². The number of thioether (sulfide) groups is 1. The summed E-state index contributed by atoms with van der Waals surface area (Å²) in [6, 6.07) is 15.1. The molecule has 7 heteroatoms. The number of aromatic nitrogens is 3. The van der Waals surface area contributed by atoms with Crippen molar-refractivity contribution < 1.29 is 9.59 Å². The minimum Gasteiger partial charge on any atom is -0.325 e. The molecule has 0 spiro atoms. The topological polar surface area (TPSA) is 76.9 Å². The molecule has 6 nitrogen and oxygen atoms in total. The normalized spacial score (nSPS) is 15.6. The highest BCUT2D eigenvalue weighted by Crippen LogP contribution is 2.33. The van der Waals surface area contributed by atoms with Gasteiger partial charge in [-0.25, -0.2) is 0 Å². The molecule has 0 aliphatic carbocycles. The lowest BCUT2D eigenvalue weighted by molar-refractivity contribution is -0.116. The summed E-state index contributed by atoms with van der Waals surface area (Å²) in [6.07, 6.45) is 1.64. The SMILES string of the molecule is C[C@H]1C(=O)Nc2ccc(C(=O)CSc3nncn3-c3ccccc3)cc21. The lowest BCUT2D eigenvalue weighted by Crippen LogP contribution is -2.08. The van der Waals surface area contributed by atoms with E-state index in [9.17, 15) is 9.59 Å². The zero-order chi connectivity index (χ0) is 18.1. The number of Topliss-reactive ketones (excluding diaryl/α,β-unsaturated/α-hetero) is 1. The standard InChI is InChI=1S/C19H16N4O2S/c1-12-15-9-13(7-8-16(15)21-18(12)25)17(24)10-26-19-22-20-11-23(19)14-5-3-2-4-6-14/h2-9,11-12H,10H2,1H3,(H,21,25)/t12-/m1/s1. The number of fused-ring (bicyclic) bond motifs is 1. The Hall–Kier alpha value is -2.93. The van der Waals surface area contributed by atoms with E-state index in [2.05, 4.69) is 15.5 Å². The van der Waals surface area contributed by atoms with Gasteiger partial charge < -0.3 is 5.32 Å². The van der Waals surface area contributed by atoms with Gasteiger partial charge in [0, 0.05) is 16.9 Å². The summed E-state index contributed by atoms with van der Waals surface area (Å²) in [5.41, 5.74) is 3.21. The number of anilines is 1. The predicted octanol–water partition coefficient (Wildman–Crippen LogP) is 3.30. The molecule has 2 aromatic carbocycles. The molecule has 1 N–H and O–H groups in total. The number of carbonyl (C=O) groups excluding carboxylic acids is 2. The van der Waals surface area contributed by atoms with E-state index in [1.807, 2.05) is 47.9 Å². The lowest BCUT2D eigenvalue weighted by atomic mass is 9.99. The number of amides is 1. The van der Waals surface area contributed by atoms with E-state index in [1.54, 1.807) is 18.5 Å². The summed E-state index contributed by atoms with van der Waals surface area (Å²) in [5, 5.41) is 11.5. The molecule has 1 aliphatic heterocycles. The molecule has 0 saturated heterocycles. The smallest absolute Gasteiger partial charge is 0.231 e. The molecule has 1 aromatic heterocycles. The first-order valence-electron chi connectivity index (χ1n) is 8.20. The number of benzene rings is 2. The summed E-state index contributed by atoms with van der Waals surface area (Å²) < 4.78 is 1.85. The van der Waals surface area contributed by atoms with E-state index in [1.165, 1.54) is 11.8 Å². The maximum Gasteiger partial charge on any atom is 0.231 e. The van der Waals surface area contributed by atoms with Crippen molar-refractivity contribution in [2.75, 3.05) is 11.1 Å². The summed E-state index contributed by atoms with van der Waals surface area (Å²) in [6.45, 7) is 1.84. The molecular formula is C19H16N4O2S. The summed E-state index contributed by atoms with van der Waals surface area (Å²) in [4.78, 5) is 24.3. The molecule has 1 aliphatic rings. The molecule has 1 amide bonds. The van der Waals surface area contributed by atoms with Crippen LogP contribution >= 0.6 is 11.8 Å². The number of para-hydroxylation sites is 1. The maximum atomic E-state index is 12.6. The molecule has 0 saturated carbocycles. The van der Waals surface area contributed by atoms with Crippen molar-refractivity contribution in [3.8, 4) is 5.69 Å².